The normalized spacial score (nSPS) is 10.5. The first-order chi connectivity index (χ1) is 8.91. The van der Waals surface area contributed by atoms with Crippen molar-refractivity contribution in [2.45, 2.75) is 0 Å². The van der Waals surface area contributed by atoms with Crippen molar-refractivity contribution in [2.24, 2.45) is 0 Å². The lowest BCUT2D eigenvalue weighted by molar-refractivity contribution is -0.384. The van der Waals surface area contributed by atoms with Gasteiger partial charge in [-0.25, -0.2) is 0 Å². The molecule has 0 saturated carbocycles. The van der Waals surface area contributed by atoms with E-state index in [1.807, 2.05) is 0 Å². The highest BCUT2D eigenvalue weighted by molar-refractivity contribution is 6.42. The second-order valence-corrected chi connectivity index (χ2v) is 5.30. The minimum atomic E-state index is -0.571. The summed E-state index contributed by atoms with van der Waals surface area (Å²) in [6, 6.07) is 7.49. The van der Waals surface area contributed by atoms with E-state index < -0.39 is 4.92 Å². The molecule has 98 valence electrons. The van der Waals surface area contributed by atoms with E-state index in [1.54, 1.807) is 6.07 Å². The lowest BCUT2D eigenvalue weighted by Crippen LogP contribution is -1.94. The fraction of sp³-hybridized carbons (Fsp3) is 0. The van der Waals surface area contributed by atoms with Crippen LogP contribution in [-0.2, 0) is 0 Å². The highest BCUT2D eigenvalue weighted by Crippen LogP contribution is 2.43. The van der Waals surface area contributed by atoms with E-state index in [0.717, 1.165) is 0 Å². The molecule has 0 saturated heterocycles. The van der Waals surface area contributed by atoms with E-state index in [4.69, 9.17) is 46.4 Å². The SMILES string of the molecule is O=[N+]([O-])c1c(Cl)cccc1-c1c(Cl)cc(Cl)cc1Cl. The van der Waals surface area contributed by atoms with Gasteiger partial charge >= 0.3 is 0 Å². The van der Waals surface area contributed by atoms with Crippen LogP contribution < -0.4 is 0 Å². The molecule has 0 bridgehead atoms. The van der Waals surface area contributed by atoms with E-state index in [0.29, 0.717) is 10.6 Å². The van der Waals surface area contributed by atoms with Gasteiger partial charge in [0.1, 0.15) is 5.02 Å². The maximum Gasteiger partial charge on any atom is 0.295 e. The smallest absolute Gasteiger partial charge is 0.258 e. The van der Waals surface area contributed by atoms with Crippen molar-refractivity contribution in [3.8, 4) is 11.1 Å². The lowest BCUT2D eigenvalue weighted by atomic mass is 10.0. The Labute approximate surface area is 128 Å². The van der Waals surface area contributed by atoms with Gasteiger partial charge in [-0.3, -0.25) is 10.1 Å². The van der Waals surface area contributed by atoms with Crippen LogP contribution in [-0.4, -0.2) is 4.92 Å². The number of hydrogen-bond acceptors (Lipinski definition) is 2. The van der Waals surface area contributed by atoms with E-state index in [1.165, 1.54) is 24.3 Å². The van der Waals surface area contributed by atoms with Crippen LogP contribution >= 0.6 is 46.4 Å². The largest absolute Gasteiger partial charge is 0.295 e. The lowest BCUT2D eigenvalue weighted by Gasteiger charge is -2.09. The molecule has 0 amide bonds. The van der Waals surface area contributed by atoms with Gasteiger partial charge in [0.05, 0.1) is 20.5 Å². The predicted molar refractivity (Wildman–Crippen MR) is 78.6 cm³/mol. The minimum Gasteiger partial charge on any atom is -0.258 e. The Morgan fingerprint density at radius 3 is 2.05 bits per heavy atom. The maximum atomic E-state index is 11.1. The second kappa shape index (κ2) is 5.55. The molecule has 0 spiro atoms. The average Bonchev–Trinajstić information content (AvgIpc) is 2.26. The van der Waals surface area contributed by atoms with Crippen LogP contribution in [0.4, 0.5) is 5.69 Å². The molecule has 7 heteroatoms. The van der Waals surface area contributed by atoms with E-state index >= 15 is 0 Å². The molecular weight excluding hydrogens is 332 g/mol. The first-order valence-electron chi connectivity index (χ1n) is 4.99. The summed E-state index contributed by atoms with van der Waals surface area (Å²) in [4.78, 5) is 10.5. The molecule has 0 fully saturated rings. The van der Waals surface area contributed by atoms with Crippen LogP contribution in [0.1, 0.15) is 0 Å². The highest BCUT2D eigenvalue weighted by atomic mass is 35.5. The quantitative estimate of drug-likeness (QED) is 0.508. The van der Waals surface area contributed by atoms with Crippen LogP contribution in [0.15, 0.2) is 30.3 Å². The first-order valence-corrected chi connectivity index (χ1v) is 6.51. The Morgan fingerprint density at radius 1 is 0.947 bits per heavy atom. The Balaban J connectivity index is 2.80. The van der Waals surface area contributed by atoms with E-state index in [-0.39, 0.29) is 26.3 Å². The van der Waals surface area contributed by atoms with Crippen molar-refractivity contribution >= 4 is 52.1 Å². The third-order valence-electron chi connectivity index (χ3n) is 2.45. The first kappa shape index (κ1) is 14.4. The van der Waals surface area contributed by atoms with Crippen LogP contribution in [0.2, 0.25) is 20.1 Å². The van der Waals surface area contributed by atoms with Gasteiger partial charge in [-0.1, -0.05) is 52.5 Å². The number of rotatable bonds is 2. The molecule has 0 aliphatic carbocycles. The van der Waals surface area contributed by atoms with Gasteiger partial charge in [0.15, 0.2) is 0 Å². The monoisotopic (exact) mass is 335 g/mol. The summed E-state index contributed by atoms with van der Waals surface area (Å²) in [7, 11) is 0. The molecule has 0 unspecified atom stereocenters. The third kappa shape index (κ3) is 2.79. The average molecular weight is 337 g/mol. The summed E-state index contributed by atoms with van der Waals surface area (Å²) in [5.74, 6) is 0. The Morgan fingerprint density at radius 2 is 1.53 bits per heavy atom. The van der Waals surface area contributed by atoms with Crippen molar-refractivity contribution in [2.75, 3.05) is 0 Å². The summed E-state index contributed by atoms with van der Waals surface area (Å²) < 4.78 is 0. The fourth-order valence-electron chi connectivity index (χ4n) is 1.70. The topological polar surface area (TPSA) is 43.1 Å². The summed E-state index contributed by atoms with van der Waals surface area (Å²) in [6.07, 6.45) is 0. The van der Waals surface area contributed by atoms with Gasteiger partial charge in [0, 0.05) is 10.6 Å². The van der Waals surface area contributed by atoms with Crippen molar-refractivity contribution in [3.05, 3.63) is 60.5 Å². The number of halogens is 4. The van der Waals surface area contributed by atoms with Crippen LogP contribution in [0, 0.1) is 10.1 Å². The second-order valence-electron chi connectivity index (χ2n) is 3.64. The van der Waals surface area contributed by atoms with Gasteiger partial charge in [0.25, 0.3) is 5.69 Å². The Kier molecular flexibility index (Phi) is 4.21. The number of hydrogen-bond donors (Lipinski definition) is 0. The molecule has 2 aromatic rings. The Hall–Kier alpha value is -1.000. The molecule has 19 heavy (non-hydrogen) atoms. The minimum absolute atomic E-state index is 0.0181. The summed E-state index contributed by atoms with van der Waals surface area (Å²) >= 11 is 23.8. The molecular formula is C12H5Cl4NO2. The van der Waals surface area contributed by atoms with Gasteiger partial charge in [0.2, 0.25) is 0 Å². The van der Waals surface area contributed by atoms with Crippen molar-refractivity contribution < 1.29 is 4.92 Å². The molecule has 3 nitrogen and oxygen atoms in total. The zero-order chi connectivity index (χ0) is 14.2. The molecule has 0 heterocycles. The summed E-state index contributed by atoms with van der Waals surface area (Å²) in [6.45, 7) is 0. The molecule has 0 atom stereocenters. The molecule has 0 aliphatic rings. The van der Waals surface area contributed by atoms with Crippen LogP contribution in [0.3, 0.4) is 0 Å². The number of nitrogens with zero attached hydrogens (tertiary/aromatic N) is 1. The van der Waals surface area contributed by atoms with Gasteiger partial charge < -0.3 is 0 Å². The number of nitro benzene ring substituents is 1. The molecule has 0 radical (unpaired) electrons. The van der Waals surface area contributed by atoms with Gasteiger partial charge in [-0.15, -0.1) is 0 Å². The van der Waals surface area contributed by atoms with Crippen molar-refractivity contribution in [3.63, 3.8) is 0 Å². The van der Waals surface area contributed by atoms with Crippen molar-refractivity contribution in [1.82, 2.24) is 0 Å². The molecule has 0 N–H and O–H groups in total. The summed E-state index contributed by atoms with van der Waals surface area (Å²) in [5.41, 5.74) is 0.349. The molecule has 2 rings (SSSR count). The predicted octanol–water partition coefficient (Wildman–Crippen LogP) is 5.88. The molecule has 0 aromatic heterocycles. The van der Waals surface area contributed by atoms with Crippen molar-refractivity contribution in [1.29, 1.82) is 0 Å². The molecule has 2 aromatic carbocycles. The number of nitro groups is 1. The molecule has 0 aliphatic heterocycles. The summed E-state index contributed by atoms with van der Waals surface area (Å²) in [5, 5.41) is 11.9. The zero-order valence-electron chi connectivity index (χ0n) is 9.16. The fourth-order valence-corrected chi connectivity index (χ4v) is 2.97. The van der Waals surface area contributed by atoms with Gasteiger partial charge in [-0.05, 0) is 24.3 Å². The standard InChI is InChI=1S/C12H5Cl4NO2/c13-6-4-9(15)11(10(16)5-6)7-2-1-3-8(14)12(7)17(18)19/h1-5H. The van der Waals surface area contributed by atoms with Crippen LogP contribution in [0.25, 0.3) is 11.1 Å². The van der Waals surface area contributed by atoms with E-state index in [9.17, 15) is 10.1 Å². The Bertz CT molecular complexity index is 650. The van der Waals surface area contributed by atoms with E-state index in [2.05, 4.69) is 0 Å². The number of para-hydroxylation sites is 1. The van der Waals surface area contributed by atoms with Gasteiger partial charge in [-0.2, -0.15) is 0 Å². The third-order valence-corrected chi connectivity index (χ3v) is 3.56. The van der Waals surface area contributed by atoms with Crippen LogP contribution in [0.5, 0.6) is 0 Å². The zero-order valence-corrected chi connectivity index (χ0v) is 12.2. The maximum absolute atomic E-state index is 11.1. The number of benzene rings is 2. The highest BCUT2D eigenvalue weighted by Gasteiger charge is 2.23.